The zero-order chi connectivity index (χ0) is 13.7. The highest BCUT2D eigenvalue weighted by Gasteiger charge is 2.11. The van der Waals surface area contributed by atoms with Crippen molar-refractivity contribution in [3.05, 3.63) is 35.1 Å². The topological polar surface area (TPSA) is 149 Å². The number of hydrogen-bond acceptors (Lipinski definition) is 5. The fourth-order valence-electron chi connectivity index (χ4n) is 1.11. The lowest BCUT2D eigenvalue weighted by atomic mass is 10.2. The molecule has 1 aromatic rings. The minimum atomic E-state index is -0.834. The SMILES string of the molecule is N#CC(=CC=Cc1cc(C(N)=O)c(N)o1)C(N)=O. The number of allylic oxidation sites excluding steroid dienone is 2. The van der Waals surface area contributed by atoms with Crippen LogP contribution >= 0.6 is 0 Å². The van der Waals surface area contributed by atoms with Gasteiger partial charge in [0.15, 0.2) is 0 Å². The first kappa shape index (κ1) is 13.1. The molecule has 0 atom stereocenters. The zero-order valence-electron chi connectivity index (χ0n) is 9.21. The van der Waals surface area contributed by atoms with Gasteiger partial charge in [-0.15, -0.1) is 0 Å². The van der Waals surface area contributed by atoms with Crippen LogP contribution in [0.15, 0.2) is 28.2 Å². The first-order valence-electron chi connectivity index (χ1n) is 4.73. The summed E-state index contributed by atoms with van der Waals surface area (Å²) in [5, 5.41) is 8.56. The number of nitrogen functional groups attached to an aromatic ring is 1. The second-order valence-corrected chi connectivity index (χ2v) is 3.21. The van der Waals surface area contributed by atoms with Crippen molar-refractivity contribution in [2.45, 2.75) is 0 Å². The van der Waals surface area contributed by atoms with E-state index in [0.717, 1.165) is 0 Å². The molecule has 0 aliphatic carbocycles. The highest BCUT2D eigenvalue weighted by atomic mass is 16.4. The maximum Gasteiger partial charge on any atom is 0.259 e. The molecule has 0 aromatic carbocycles. The fourth-order valence-corrected chi connectivity index (χ4v) is 1.11. The number of nitrogens with zero attached hydrogens (tertiary/aromatic N) is 1. The number of carbonyl (C=O) groups excluding carboxylic acids is 2. The van der Waals surface area contributed by atoms with E-state index in [2.05, 4.69) is 0 Å². The predicted molar refractivity (Wildman–Crippen MR) is 63.6 cm³/mol. The average molecular weight is 246 g/mol. The van der Waals surface area contributed by atoms with Gasteiger partial charge in [0, 0.05) is 0 Å². The van der Waals surface area contributed by atoms with Crippen LogP contribution in [-0.4, -0.2) is 11.8 Å². The summed E-state index contributed by atoms with van der Waals surface area (Å²) in [5.74, 6) is -1.37. The first-order valence-corrected chi connectivity index (χ1v) is 4.73. The lowest BCUT2D eigenvalue weighted by Crippen LogP contribution is -2.12. The van der Waals surface area contributed by atoms with Crippen LogP contribution in [0.1, 0.15) is 16.1 Å². The summed E-state index contributed by atoms with van der Waals surface area (Å²) in [7, 11) is 0. The fraction of sp³-hybridized carbons (Fsp3) is 0. The van der Waals surface area contributed by atoms with Crippen molar-refractivity contribution >= 4 is 23.8 Å². The molecule has 7 nitrogen and oxygen atoms in total. The third-order valence-corrected chi connectivity index (χ3v) is 1.95. The molecule has 1 rings (SSSR count). The van der Waals surface area contributed by atoms with Gasteiger partial charge in [0.25, 0.3) is 11.8 Å². The lowest BCUT2D eigenvalue weighted by Gasteiger charge is -1.87. The van der Waals surface area contributed by atoms with E-state index < -0.39 is 11.8 Å². The number of hydrogen-bond donors (Lipinski definition) is 3. The molecular weight excluding hydrogens is 236 g/mol. The minimum Gasteiger partial charge on any atom is -0.441 e. The van der Waals surface area contributed by atoms with Crippen LogP contribution in [0.25, 0.3) is 6.08 Å². The van der Waals surface area contributed by atoms with Crippen molar-refractivity contribution in [2.75, 3.05) is 5.73 Å². The molecule has 0 aliphatic heterocycles. The number of anilines is 1. The molecule has 0 saturated heterocycles. The van der Waals surface area contributed by atoms with Gasteiger partial charge in [-0.25, -0.2) is 0 Å². The van der Waals surface area contributed by atoms with Crippen LogP contribution in [0.3, 0.4) is 0 Å². The Morgan fingerprint density at radius 3 is 2.50 bits per heavy atom. The van der Waals surface area contributed by atoms with Crippen molar-refractivity contribution in [3.63, 3.8) is 0 Å². The Bertz CT molecular complexity index is 590. The maximum atomic E-state index is 10.9. The summed E-state index contributed by atoms with van der Waals surface area (Å²) >= 11 is 0. The largest absolute Gasteiger partial charge is 0.441 e. The second kappa shape index (κ2) is 5.36. The molecule has 0 aliphatic rings. The smallest absolute Gasteiger partial charge is 0.259 e. The van der Waals surface area contributed by atoms with Crippen molar-refractivity contribution in [2.24, 2.45) is 11.5 Å². The van der Waals surface area contributed by atoms with Gasteiger partial charge in [-0.1, -0.05) is 6.08 Å². The number of furan rings is 1. The van der Waals surface area contributed by atoms with E-state index >= 15 is 0 Å². The number of nitriles is 1. The average Bonchev–Trinajstić information content (AvgIpc) is 2.65. The quantitative estimate of drug-likeness (QED) is 0.385. The molecule has 18 heavy (non-hydrogen) atoms. The molecule has 0 saturated carbocycles. The van der Waals surface area contributed by atoms with Crippen molar-refractivity contribution < 1.29 is 14.0 Å². The summed E-state index contributed by atoms with van der Waals surface area (Å²) in [6.07, 6.45) is 3.99. The molecule has 0 unspecified atom stereocenters. The van der Waals surface area contributed by atoms with Crippen LogP contribution in [0.2, 0.25) is 0 Å². The Morgan fingerprint density at radius 2 is 2.06 bits per heavy atom. The predicted octanol–water partition coefficient (Wildman–Crippen LogP) is -0.0908. The summed E-state index contributed by atoms with van der Waals surface area (Å²) < 4.78 is 5.01. The molecule has 0 spiro atoms. The molecule has 92 valence electrons. The Labute approximate surface area is 102 Å². The van der Waals surface area contributed by atoms with Gasteiger partial charge < -0.3 is 21.6 Å². The lowest BCUT2D eigenvalue weighted by molar-refractivity contribution is -0.114. The van der Waals surface area contributed by atoms with Crippen molar-refractivity contribution in [1.82, 2.24) is 0 Å². The Hall–Kier alpha value is -3.01. The number of rotatable bonds is 4. The molecular formula is C11H10N4O3. The molecule has 7 heteroatoms. The third kappa shape index (κ3) is 2.99. The van der Waals surface area contributed by atoms with Crippen molar-refractivity contribution in [3.8, 4) is 6.07 Å². The summed E-state index contributed by atoms with van der Waals surface area (Å²) in [6.45, 7) is 0. The number of nitrogens with two attached hydrogens (primary N) is 3. The van der Waals surface area contributed by atoms with E-state index in [1.807, 2.05) is 0 Å². The Morgan fingerprint density at radius 1 is 1.39 bits per heavy atom. The monoisotopic (exact) mass is 246 g/mol. The molecule has 1 heterocycles. The van der Waals surface area contributed by atoms with Gasteiger partial charge in [0.05, 0.1) is 0 Å². The highest BCUT2D eigenvalue weighted by molar-refractivity contribution is 5.97. The van der Waals surface area contributed by atoms with E-state index in [1.165, 1.54) is 24.3 Å². The van der Waals surface area contributed by atoms with Gasteiger partial charge >= 0.3 is 0 Å². The Balaban J connectivity index is 2.93. The van der Waals surface area contributed by atoms with Gasteiger partial charge in [-0.2, -0.15) is 5.26 Å². The number of amides is 2. The summed E-state index contributed by atoms with van der Waals surface area (Å²) in [5.41, 5.74) is 15.2. The maximum absolute atomic E-state index is 10.9. The van der Waals surface area contributed by atoms with E-state index in [1.54, 1.807) is 6.07 Å². The molecule has 0 radical (unpaired) electrons. The summed E-state index contributed by atoms with van der Waals surface area (Å²) in [6, 6.07) is 2.97. The third-order valence-electron chi connectivity index (χ3n) is 1.95. The number of primary amides is 2. The summed E-state index contributed by atoms with van der Waals surface area (Å²) in [4.78, 5) is 21.6. The standard InChI is InChI=1S/C11H10N4O3/c12-5-6(9(13)16)2-1-3-7-4-8(10(14)17)11(15)18-7/h1-4H,15H2,(H2,13,16)(H2,14,17). The molecule has 0 bridgehead atoms. The molecule has 1 aromatic heterocycles. The van der Waals surface area contributed by atoms with E-state index in [9.17, 15) is 9.59 Å². The van der Waals surface area contributed by atoms with Crippen LogP contribution in [-0.2, 0) is 4.79 Å². The molecule has 6 N–H and O–H groups in total. The molecule has 2 amide bonds. The first-order chi connectivity index (χ1) is 8.45. The highest BCUT2D eigenvalue weighted by Crippen LogP contribution is 2.18. The van der Waals surface area contributed by atoms with Gasteiger partial charge in [0.2, 0.25) is 5.88 Å². The van der Waals surface area contributed by atoms with Crippen molar-refractivity contribution in [1.29, 1.82) is 5.26 Å². The number of carbonyl (C=O) groups is 2. The van der Waals surface area contributed by atoms with Crippen LogP contribution in [0.4, 0.5) is 5.88 Å². The molecule has 0 fully saturated rings. The Kier molecular flexibility index (Phi) is 3.89. The minimum absolute atomic E-state index is 0.0639. The van der Waals surface area contributed by atoms with Crippen LogP contribution in [0.5, 0.6) is 0 Å². The van der Waals surface area contributed by atoms with Gasteiger partial charge in [-0.3, -0.25) is 9.59 Å². The second-order valence-electron chi connectivity index (χ2n) is 3.21. The normalized spacial score (nSPS) is 11.4. The van der Waals surface area contributed by atoms with Gasteiger partial charge in [0.1, 0.15) is 23.0 Å². The van der Waals surface area contributed by atoms with Gasteiger partial charge in [-0.05, 0) is 18.2 Å². The zero-order valence-corrected chi connectivity index (χ0v) is 9.21. The van der Waals surface area contributed by atoms with E-state index in [4.69, 9.17) is 26.9 Å². The van der Waals surface area contributed by atoms with E-state index in [-0.39, 0.29) is 22.8 Å². The van der Waals surface area contributed by atoms with E-state index in [0.29, 0.717) is 0 Å². The van der Waals surface area contributed by atoms with Crippen LogP contribution in [0, 0.1) is 11.3 Å². The van der Waals surface area contributed by atoms with Crippen LogP contribution < -0.4 is 17.2 Å².